The summed E-state index contributed by atoms with van der Waals surface area (Å²) < 4.78 is 16.2. The van der Waals surface area contributed by atoms with Crippen LogP contribution in [-0.4, -0.2) is 47.4 Å². The molecule has 1 aromatic carbocycles. The zero-order chi connectivity index (χ0) is 21.9. The highest BCUT2D eigenvalue weighted by molar-refractivity contribution is 8.18. The third-order valence-electron chi connectivity index (χ3n) is 3.48. The quantitative estimate of drug-likeness (QED) is 0.474. The normalized spacial score (nSPS) is 16.0. The Morgan fingerprint density at radius 3 is 2.48 bits per heavy atom. The van der Waals surface area contributed by atoms with Crippen molar-refractivity contribution in [3.63, 3.8) is 0 Å². The summed E-state index contributed by atoms with van der Waals surface area (Å²) in [6.07, 6.45) is 1.42. The van der Waals surface area contributed by atoms with Gasteiger partial charge in [-0.25, -0.2) is 0 Å². The summed E-state index contributed by atoms with van der Waals surface area (Å²) in [7, 11) is 1.48. The minimum Gasteiger partial charge on any atom is -0.493 e. The summed E-state index contributed by atoms with van der Waals surface area (Å²) >= 11 is 7.05. The third-order valence-corrected chi connectivity index (χ3v) is 4.67. The second kappa shape index (κ2) is 9.09. The zero-order valence-electron chi connectivity index (χ0n) is 17.2. The van der Waals surface area contributed by atoms with Crippen molar-refractivity contribution in [3.05, 3.63) is 27.6 Å². The van der Waals surface area contributed by atoms with Crippen LogP contribution in [0.1, 0.15) is 40.2 Å². The second-order valence-corrected chi connectivity index (χ2v) is 8.96. The van der Waals surface area contributed by atoms with Crippen molar-refractivity contribution in [1.29, 1.82) is 0 Å². The second-order valence-electron chi connectivity index (χ2n) is 7.56. The number of hydrogen-bond acceptors (Lipinski definition) is 7. The average Bonchev–Trinajstić information content (AvgIpc) is 2.82. The van der Waals surface area contributed by atoms with E-state index >= 15 is 0 Å². The first kappa shape index (κ1) is 23.1. The molecule has 0 bridgehead atoms. The van der Waals surface area contributed by atoms with E-state index < -0.39 is 29.3 Å². The number of esters is 1. The van der Waals surface area contributed by atoms with Crippen LogP contribution < -0.4 is 9.47 Å². The van der Waals surface area contributed by atoms with Gasteiger partial charge in [-0.2, -0.15) is 0 Å². The first-order chi connectivity index (χ1) is 13.4. The first-order valence-corrected chi connectivity index (χ1v) is 10.1. The van der Waals surface area contributed by atoms with E-state index in [-0.39, 0.29) is 11.0 Å². The number of amides is 2. The largest absolute Gasteiger partial charge is 0.493 e. The Labute approximate surface area is 179 Å². The molecule has 7 nitrogen and oxygen atoms in total. The van der Waals surface area contributed by atoms with Crippen LogP contribution in [0, 0.1) is 0 Å². The number of nitrogens with zero attached hydrogens (tertiary/aromatic N) is 1. The maximum atomic E-state index is 12.6. The summed E-state index contributed by atoms with van der Waals surface area (Å²) in [5, 5.41) is -0.220. The molecule has 1 aliphatic heterocycles. The lowest BCUT2D eigenvalue weighted by Crippen LogP contribution is -2.37. The molecule has 1 heterocycles. The van der Waals surface area contributed by atoms with E-state index in [9.17, 15) is 14.4 Å². The maximum Gasteiger partial charge on any atom is 0.326 e. The highest BCUT2D eigenvalue weighted by atomic mass is 35.5. The van der Waals surface area contributed by atoms with Crippen molar-refractivity contribution in [1.82, 2.24) is 4.90 Å². The lowest BCUT2D eigenvalue weighted by atomic mass is 10.1. The van der Waals surface area contributed by atoms with E-state index in [2.05, 4.69) is 0 Å². The van der Waals surface area contributed by atoms with Crippen LogP contribution in [0.5, 0.6) is 11.5 Å². The van der Waals surface area contributed by atoms with Crippen molar-refractivity contribution in [2.24, 2.45) is 0 Å². The van der Waals surface area contributed by atoms with E-state index in [1.165, 1.54) is 13.2 Å². The third kappa shape index (κ3) is 6.14. The highest BCUT2D eigenvalue weighted by Gasteiger charge is 2.37. The SMILES string of the molecule is COc1cc(/C=C2\SC(=O)N(CC(=O)OC(C)(C)C)C2=O)cc(Cl)c1OC(C)C. The predicted molar refractivity (Wildman–Crippen MR) is 112 cm³/mol. The Balaban J connectivity index is 2.25. The van der Waals surface area contributed by atoms with Gasteiger partial charge in [0.15, 0.2) is 11.5 Å². The fraction of sp³-hybridized carbons (Fsp3) is 0.450. The van der Waals surface area contributed by atoms with Crippen LogP contribution in [0.2, 0.25) is 5.02 Å². The number of benzene rings is 1. The van der Waals surface area contributed by atoms with Crippen molar-refractivity contribution in [2.75, 3.05) is 13.7 Å². The van der Waals surface area contributed by atoms with Gasteiger partial charge in [-0.1, -0.05) is 11.6 Å². The van der Waals surface area contributed by atoms with E-state index in [0.717, 1.165) is 16.7 Å². The predicted octanol–water partition coefficient (Wildman–Crippen LogP) is 4.51. The van der Waals surface area contributed by atoms with Crippen LogP contribution in [0.4, 0.5) is 4.79 Å². The molecule has 0 atom stereocenters. The van der Waals surface area contributed by atoms with Gasteiger partial charge in [0.1, 0.15) is 12.1 Å². The number of rotatable bonds is 6. The van der Waals surface area contributed by atoms with Crippen LogP contribution >= 0.6 is 23.4 Å². The summed E-state index contributed by atoms with van der Waals surface area (Å²) in [6.45, 7) is 8.42. The van der Waals surface area contributed by atoms with Gasteiger partial charge in [0, 0.05) is 0 Å². The number of halogens is 1. The fourth-order valence-electron chi connectivity index (χ4n) is 2.46. The molecule has 29 heavy (non-hydrogen) atoms. The Kier molecular flexibility index (Phi) is 7.24. The highest BCUT2D eigenvalue weighted by Crippen LogP contribution is 2.39. The van der Waals surface area contributed by atoms with Crippen molar-refractivity contribution in [2.45, 2.75) is 46.3 Å². The smallest absolute Gasteiger partial charge is 0.326 e. The number of ether oxygens (including phenoxy) is 3. The van der Waals surface area contributed by atoms with Gasteiger partial charge in [0.25, 0.3) is 11.1 Å². The maximum absolute atomic E-state index is 12.6. The monoisotopic (exact) mass is 441 g/mol. The number of carbonyl (C=O) groups is 3. The Hall–Kier alpha value is -2.19. The molecule has 0 aromatic heterocycles. The lowest BCUT2D eigenvalue weighted by Gasteiger charge is -2.21. The zero-order valence-corrected chi connectivity index (χ0v) is 18.8. The molecule has 0 N–H and O–H groups in total. The molecule has 0 saturated carbocycles. The van der Waals surface area contributed by atoms with E-state index in [0.29, 0.717) is 22.1 Å². The molecule has 0 radical (unpaired) electrons. The minimum atomic E-state index is -0.707. The number of carbonyl (C=O) groups excluding carboxylic acids is 3. The lowest BCUT2D eigenvalue weighted by molar-refractivity contribution is -0.156. The molecular weight excluding hydrogens is 418 g/mol. The molecular formula is C20H24ClNO6S. The first-order valence-electron chi connectivity index (χ1n) is 8.92. The Morgan fingerprint density at radius 1 is 1.28 bits per heavy atom. The molecule has 1 aliphatic rings. The molecule has 1 aromatic rings. The molecule has 2 rings (SSSR count). The van der Waals surface area contributed by atoms with Crippen molar-refractivity contribution >= 4 is 46.6 Å². The Morgan fingerprint density at radius 2 is 1.93 bits per heavy atom. The average molecular weight is 442 g/mol. The van der Waals surface area contributed by atoms with E-state index in [1.807, 2.05) is 13.8 Å². The molecule has 1 fully saturated rings. The molecule has 9 heteroatoms. The van der Waals surface area contributed by atoms with Crippen LogP contribution in [0.15, 0.2) is 17.0 Å². The van der Waals surface area contributed by atoms with Crippen molar-refractivity contribution in [3.8, 4) is 11.5 Å². The minimum absolute atomic E-state index is 0.100. The fourth-order valence-corrected chi connectivity index (χ4v) is 3.57. The van der Waals surface area contributed by atoms with E-state index in [1.54, 1.807) is 32.9 Å². The van der Waals surface area contributed by atoms with Crippen LogP contribution in [0.25, 0.3) is 6.08 Å². The van der Waals surface area contributed by atoms with Gasteiger partial charge in [0.05, 0.1) is 23.1 Å². The topological polar surface area (TPSA) is 82.1 Å². The number of hydrogen-bond donors (Lipinski definition) is 0. The Bertz CT molecular complexity index is 859. The van der Waals surface area contributed by atoms with Crippen molar-refractivity contribution < 1.29 is 28.6 Å². The van der Waals surface area contributed by atoms with Gasteiger partial charge in [-0.15, -0.1) is 0 Å². The number of imide groups is 1. The van der Waals surface area contributed by atoms with Crippen LogP contribution in [-0.2, 0) is 14.3 Å². The van der Waals surface area contributed by atoms with Gasteiger partial charge in [0.2, 0.25) is 0 Å². The summed E-state index contributed by atoms with van der Waals surface area (Å²) in [5.41, 5.74) is -0.146. The summed E-state index contributed by atoms with van der Waals surface area (Å²) in [6, 6.07) is 3.27. The molecule has 158 valence electrons. The summed E-state index contributed by atoms with van der Waals surface area (Å²) in [4.78, 5) is 37.8. The molecule has 0 unspecified atom stereocenters. The molecule has 2 amide bonds. The number of methoxy groups -OCH3 is 1. The van der Waals surface area contributed by atoms with Crippen LogP contribution in [0.3, 0.4) is 0 Å². The molecule has 1 saturated heterocycles. The van der Waals surface area contributed by atoms with Gasteiger partial charge in [-0.3, -0.25) is 19.3 Å². The van der Waals surface area contributed by atoms with Gasteiger partial charge >= 0.3 is 5.97 Å². The van der Waals surface area contributed by atoms with Gasteiger partial charge in [-0.05, 0) is 70.2 Å². The molecule has 0 aliphatic carbocycles. The molecule has 0 spiro atoms. The van der Waals surface area contributed by atoms with E-state index in [4.69, 9.17) is 25.8 Å². The standard InChI is InChI=1S/C20H24ClNO6S/c1-11(2)27-17-13(21)7-12(8-14(17)26-6)9-15-18(24)22(19(25)29-15)10-16(23)28-20(3,4)5/h7-9,11H,10H2,1-6H3/b15-9-. The summed E-state index contributed by atoms with van der Waals surface area (Å²) in [5.74, 6) is -0.408. The number of thioether (sulfide) groups is 1. The van der Waals surface area contributed by atoms with Gasteiger partial charge < -0.3 is 14.2 Å².